The highest BCUT2D eigenvalue weighted by Crippen LogP contribution is 2.53. The van der Waals surface area contributed by atoms with Crippen LogP contribution in [0.2, 0.25) is 0 Å². The van der Waals surface area contributed by atoms with Crippen molar-refractivity contribution in [3.05, 3.63) is 0 Å². The van der Waals surface area contributed by atoms with E-state index in [0.29, 0.717) is 0 Å². The van der Waals surface area contributed by atoms with Crippen LogP contribution < -0.4 is 0 Å². The van der Waals surface area contributed by atoms with Gasteiger partial charge in [-0.15, -0.1) is 0 Å². The quantitative estimate of drug-likeness (QED) is 0.782. The van der Waals surface area contributed by atoms with E-state index in [9.17, 15) is 5.11 Å². The van der Waals surface area contributed by atoms with Gasteiger partial charge in [-0.3, -0.25) is 4.99 Å². The SMILES string of the molecule is C=N[C@@H](CO)[C@@H]1OC(C)(C)CC12CCCO[C@@H]2C. The van der Waals surface area contributed by atoms with E-state index in [1.807, 2.05) is 0 Å². The number of hydrogen-bond donors (Lipinski definition) is 1. The average molecular weight is 255 g/mol. The minimum absolute atomic E-state index is 0.0152. The lowest BCUT2D eigenvalue weighted by atomic mass is 9.67. The molecule has 0 aliphatic carbocycles. The van der Waals surface area contributed by atoms with Gasteiger partial charge >= 0.3 is 0 Å². The third kappa shape index (κ3) is 2.22. The predicted octanol–water partition coefficient (Wildman–Crippen LogP) is 1.80. The highest BCUT2D eigenvalue weighted by molar-refractivity contribution is 5.25. The highest BCUT2D eigenvalue weighted by Gasteiger charge is 2.58. The van der Waals surface area contributed by atoms with E-state index in [4.69, 9.17) is 9.47 Å². The van der Waals surface area contributed by atoms with Gasteiger partial charge in [0.15, 0.2) is 0 Å². The molecule has 0 aromatic rings. The van der Waals surface area contributed by atoms with Crippen molar-refractivity contribution < 1.29 is 14.6 Å². The van der Waals surface area contributed by atoms with Gasteiger partial charge in [0, 0.05) is 12.0 Å². The van der Waals surface area contributed by atoms with Crippen LogP contribution >= 0.6 is 0 Å². The minimum Gasteiger partial charge on any atom is -0.394 e. The predicted molar refractivity (Wildman–Crippen MR) is 71.1 cm³/mol. The molecule has 104 valence electrons. The van der Waals surface area contributed by atoms with Gasteiger partial charge in [0.05, 0.1) is 30.5 Å². The molecule has 1 spiro atoms. The number of hydrogen-bond acceptors (Lipinski definition) is 4. The molecular formula is C14H25NO3. The fraction of sp³-hybridized carbons (Fsp3) is 0.929. The molecule has 1 unspecified atom stereocenters. The molecule has 1 N–H and O–H groups in total. The van der Waals surface area contributed by atoms with Gasteiger partial charge in [-0.25, -0.2) is 0 Å². The molecule has 4 atom stereocenters. The largest absolute Gasteiger partial charge is 0.394 e. The zero-order chi connectivity index (χ0) is 13.4. The lowest BCUT2D eigenvalue weighted by Gasteiger charge is -2.44. The van der Waals surface area contributed by atoms with Crippen LogP contribution in [0.15, 0.2) is 4.99 Å². The van der Waals surface area contributed by atoms with Crippen LogP contribution in [0.25, 0.3) is 0 Å². The monoisotopic (exact) mass is 255 g/mol. The molecular weight excluding hydrogens is 230 g/mol. The second kappa shape index (κ2) is 4.91. The van der Waals surface area contributed by atoms with Crippen LogP contribution in [-0.2, 0) is 9.47 Å². The van der Waals surface area contributed by atoms with E-state index >= 15 is 0 Å². The summed E-state index contributed by atoms with van der Waals surface area (Å²) in [7, 11) is 0. The molecule has 0 aromatic heterocycles. The van der Waals surface area contributed by atoms with E-state index in [0.717, 1.165) is 25.9 Å². The lowest BCUT2D eigenvalue weighted by Crippen LogP contribution is -2.50. The Hall–Kier alpha value is -0.450. The molecule has 4 heteroatoms. The van der Waals surface area contributed by atoms with Crippen LogP contribution in [0.3, 0.4) is 0 Å². The molecule has 2 fully saturated rings. The van der Waals surface area contributed by atoms with Gasteiger partial charge in [-0.2, -0.15) is 0 Å². The molecule has 2 aliphatic rings. The topological polar surface area (TPSA) is 51.1 Å². The first-order valence-electron chi connectivity index (χ1n) is 6.81. The van der Waals surface area contributed by atoms with Gasteiger partial charge in [-0.1, -0.05) is 0 Å². The summed E-state index contributed by atoms with van der Waals surface area (Å²) in [6.45, 7) is 10.7. The summed E-state index contributed by atoms with van der Waals surface area (Å²) in [5.74, 6) is 0. The highest BCUT2D eigenvalue weighted by atomic mass is 16.5. The van der Waals surface area contributed by atoms with Crippen molar-refractivity contribution in [1.82, 2.24) is 0 Å². The molecule has 0 saturated carbocycles. The summed E-state index contributed by atoms with van der Waals surface area (Å²) < 4.78 is 12.0. The number of aliphatic hydroxyl groups excluding tert-OH is 1. The molecule has 2 rings (SSSR count). The molecule has 0 aromatic carbocycles. The molecule has 2 aliphatic heterocycles. The molecule has 0 amide bonds. The molecule has 0 bridgehead atoms. The van der Waals surface area contributed by atoms with Crippen molar-refractivity contribution in [3.8, 4) is 0 Å². The summed E-state index contributed by atoms with van der Waals surface area (Å²) in [4.78, 5) is 4.06. The smallest absolute Gasteiger partial charge is 0.0990 e. The van der Waals surface area contributed by atoms with Crippen LogP contribution in [-0.4, -0.2) is 48.9 Å². The van der Waals surface area contributed by atoms with Gasteiger partial charge in [0.2, 0.25) is 0 Å². The molecule has 18 heavy (non-hydrogen) atoms. The Morgan fingerprint density at radius 1 is 1.50 bits per heavy atom. The number of rotatable bonds is 3. The summed E-state index contributed by atoms with van der Waals surface area (Å²) in [6.07, 6.45) is 3.14. The summed E-state index contributed by atoms with van der Waals surface area (Å²) >= 11 is 0. The van der Waals surface area contributed by atoms with Gasteiger partial charge in [0.1, 0.15) is 0 Å². The van der Waals surface area contributed by atoms with E-state index in [1.54, 1.807) is 0 Å². The standard InChI is InChI=1S/C14H25NO3/c1-10-14(6-5-7-17-10)9-13(2,3)18-12(14)11(8-16)15-4/h10-12,16H,4-9H2,1-3H3/t10-,11+,12+,14?/m1/s1. The van der Waals surface area contributed by atoms with Crippen LogP contribution in [0.4, 0.5) is 0 Å². The first-order chi connectivity index (χ1) is 8.45. The van der Waals surface area contributed by atoms with Crippen molar-refractivity contribution in [2.45, 2.75) is 63.9 Å². The van der Waals surface area contributed by atoms with E-state index in [2.05, 4.69) is 32.5 Å². The fourth-order valence-corrected chi connectivity index (χ4v) is 3.74. The average Bonchev–Trinajstić information content (AvgIpc) is 2.58. The van der Waals surface area contributed by atoms with Crippen molar-refractivity contribution in [2.75, 3.05) is 13.2 Å². The fourth-order valence-electron chi connectivity index (χ4n) is 3.74. The maximum Gasteiger partial charge on any atom is 0.0990 e. The molecule has 0 radical (unpaired) electrons. The summed E-state index contributed by atoms with van der Waals surface area (Å²) in [5, 5.41) is 9.50. The third-order valence-corrected chi connectivity index (χ3v) is 4.50. The van der Waals surface area contributed by atoms with Crippen LogP contribution in [0.1, 0.15) is 40.0 Å². The molecule has 2 heterocycles. The van der Waals surface area contributed by atoms with Gasteiger partial charge in [0.25, 0.3) is 0 Å². The normalized spacial score (nSPS) is 40.9. The minimum atomic E-state index is -0.254. The Morgan fingerprint density at radius 2 is 2.22 bits per heavy atom. The Bertz CT molecular complexity index is 318. The lowest BCUT2D eigenvalue weighted by molar-refractivity contribution is -0.121. The number of aliphatic hydroxyl groups is 1. The van der Waals surface area contributed by atoms with Crippen LogP contribution in [0, 0.1) is 5.41 Å². The van der Waals surface area contributed by atoms with E-state index in [1.165, 1.54) is 0 Å². The van der Waals surface area contributed by atoms with Gasteiger partial charge in [-0.05, 0) is 46.8 Å². The Balaban J connectivity index is 2.32. The third-order valence-electron chi connectivity index (χ3n) is 4.50. The zero-order valence-corrected chi connectivity index (χ0v) is 11.7. The maximum absolute atomic E-state index is 9.50. The zero-order valence-electron chi connectivity index (χ0n) is 11.7. The molecule has 2 saturated heterocycles. The second-order valence-corrected chi connectivity index (χ2v) is 6.26. The van der Waals surface area contributed by atoms with Crippen molar-refractivity contribution >= 4 is 6.72 Å². The maximum atomic E-state index is 9.50. The molecule has 4 nitrogen and oxygen atoms in total. The number of aliphatic imine (C=N–C) groups is 1. The van der Waals surface area contributed by atoms with Crippen LogP contribution in [0.5, 0.6) is 0 Å². The second-order valence-electron chi connectivity index (χ2n) is 6.26. The number of ether oxygens (including phenoxy) is 2. The Kier molecular flexibility index (Phi) is 3.81. The Labute approximate surface area is 109 Å². The first-order valence-corrected chi connectivity index (χ1v) is 6.81. The van der Waals surface area contributed by atoms with E-state index in [-0.39, 0.29) is 35.9 Å². The number of nitrogens with zero attached hydrogens (tertiary/aromatic N) is 1. The van der Waals surface area contributed by atoms with Crippen molar-refractivity contribution in [2.24, 2.45) is 10.4 Å². The Morgan fingerprint density at radius 3 is 2.78 bits per heavy atom. The van der Waals surface area contributed by atoms with Gasteiger partial charge < -0.3 is 14.6 Å². The van der Waals surface area contributed by atoms with Crippen molar-refractivity contribution in [3.63, 3.8) is 0 Å². The summed E-state index contributed by atoms with van der Waals surface area (Å²) in [6, 6.07) is -0.254. The summed E-state index contributed by atoms with van der Waals surface area (Å²) in [5.41, 5.74) is -0.214. The van der Waals surface area contributed by atoms with Crippen molar-refractivity contribution in [1.29, 1.82) is 0 Å². The van der Waals surface area contributed by atoms with E-state index < -0.39 is 0 Å². The first kappa shape index (κ1) is 14.0.